The van der Waals surface area contributed by atoms with E-state index in [0.29, 0.717) is 10.7 Å². The molecule has 1 heterocycles. The molecule has 142 valence electrons. The van der Waals surface area contributed by atoms with E-state index in [1.54, 1.807) is 18.3 Å². The van der Waals surface area contributed by atoms with E-state index in [1.807, 2.05) is 55.5 Å². The Labute approximate surface area is 176 Å². The van der Waals surface area contributed by atoms with Gasteiger partial charge in [-0.25, -0.2) is 0 Å². The Bertz CT molecular complexity index is 953. The van der Waals surface area contributed by atoms with Gasteiger partial charge < -0.3 is 5.32 Å². The van der Waals surface area contributed by atoms with Crippen LogP contribution in [-0.4, -0.2) is 28.3 Å². The van der Waals surface area contributed by atoms with Gasteiger partial charge in [0.25, 0.3) is 0 Å². The smallest absolute Gasteiger partial charge is 0.240 e. The molecule has 28 heavy (non-hydrogen) atoms. The second kappa shape index (κ2) is 9.61. The van der Waals surface area contributed by atoms with Crippen LogP contribution in [0.3, 0.4) is 0 Å². The molecule has 1 N–H and O–H groups in total. The number of hydrogen-bond acceptors (Lipinski definition) is 5. The number of carbonyl (C=O) groups excluding carboxylic acids is 2. The number of amides is 1. The molecule has 0 spiro atoms. The highest BCUT2D eigenvalue weighted by molar-refractivity contribution is 9.10. The Morgan fingerprint density at radius 3 is 2.61 bits per heavy atom. The number of benzene rings is 2. The summed E-state index contributed by atoms with van der Waals surface area (Å²) in [5.41, 5.74) is 2.60. The normalized spacial score (nSPS) is 18.6. The van der Waals surface area contributed by atoms with Crippen LogP contribution in [0.4, 0.5) is 0 Å². The van der Waals surface area contributed by atoms with Crippen LogP contribution in [0.1, 0.15) is 29.3 Å². The lowest BCUT2D eigenvalue weighted by Crippen LogP contribution is -2.26. The predicted molar refractivity (Wildman–Crippen MR) is 119 cm³/mol. The summed E-state index contributed by atoms with van der Waals surface area (Å²) in [5.74, 6) is -0.299. The summed E-state index contributed by atoms with van der Waals surface area (Å²) in [6, 6.07) is 17.0. The summed E-state index contributed by atoms with van der Waals surface area (Å²) in [5, 5.41) is 10.7. The summed E-state index contributed by atoms with van der Waals surface area (Å²) in [6.07, 6.45) is 3.74. The topological polar surface area (TPSA) is 70.9 Å². The third-order valence-corrected chi connectivity index (χ3v) is 5.52. The second-order valence-electron chi connectivity index (χ2n) is 6.18. The summed E-state index contributed by atoms with van der Waals surface area (Å²) in [4.78, 5) is 24.5. The van der Waals surface area contributed by atoms with Crippen molar-refractivity contribution >= 4 is 56.8 Å². The Kier molecular flexibility index (Phi) is 6.95. The van der Waals surface area contributed by atoms with Crippen molar-refractivity contribution in [2.45, 2.75) is 18.6 Å². The van der Waals surface area contributed by atoms with Gasteiger partial charge in [0, 0.05) is 16.5 Å². The molecule has 1 saturated heterocycles. The van der Waals surface area contributed by atoms with Gasteiger partial charge in [-0.1, -0.05) is 76.2 Å². The van der Waals surface area contributed by atoms with Crippen LogP contribution in [0.2, 0.25) is 0 Å². The van der Waals surface area contributed by atoms with Crippen molar-refractivity contribution in [3.63, 3.8) is 0 Å². The fourth-order valence-corrected chi connectivity index (χ4v) is 3.72. The molecule has 0 aromatic heterocycles. The predicted octanol–water partition coefficient (Wildman–Crippen LogP) is 4.70. The fraction of sp³-hybridized carbons (Fsp3) is 0.143. The van der Waals surface area contributed by atoms with Crippen LogP contribution < -0.4 is 5.32 Å². The van der Waals surface area contributed by atoms with E-state index in [9.17, 15) is 9.59 Å². The first-order chi connectivity index (χ1) is 13.5. The molecule has 5 nitrogen and oxygen atoms in total. The van der Waals surface area contributed by atoms with Gasteiger partial charge >= 0.3 is 0 Å². The molecule has 2 aromatic carbocycles. The lowest BCUT2D eigenvalue weighted by atomic mass is 10.1. The molecular weight excluding hydrogens is 438 g/mol. The maximum atomic E-state index is 12.4. The highest BCUT2D eigenvalue weighted by Gasteiger charge is 2.32. The zero-order chi connectivity index (χ0) is 19.9. The first kappa shape index (κ1) is 20.2. The van der Waals surface area contributed by atoms with Crippen molar-refractivity contribution in [3.05, 3.63) is 75.8 Å². The van der Waals surface area contributed by atoms with E-state index in [4.69, 9.17) is 0 Å². The van der Waals surface area contributed by atoms with Crippen LogP contribution in [0.5, 0.6) is 0 Å². The zero-order valence-corrected chi connectivity index (χ0v) is 17.5. The molecular formula is C21H18BrN3O2S. The lowest BCUT2D eigenvalue weighted by molar-refractivity contribution is -0.118. The molecule has 1 aliphatic rings. The average molecular weight is 456 g/mol. The van der Waals surface area contributed by atoms with Crippen molar-refractivity contribution in [1.82, 2.24) is 5.32 Å². The number of thioether (sulfide) groups is 1. The van der Waals surface area contributed by atoms with Gasteiger partial charge in [-0.3, -0.25) is 9.59 Å². The van der Waals surface area contributed by atoms with Crippen molar-refractivity contribution < 1.29 is 9.59 Å². The third kappa shape index (κ3) is 5.74. The molecule has 0 aliphatic carbocycles. The van der Waals surface area contributed by atoms with E-state index in [0.717, 1.165) is 15.6 Å². The van der Waals surface area contributed by atoms with Crippen molar-refractivity contribution in [3.8, 4) is 0 Å². The number of rotatable bonds is 6. The van der Waals surface area contributed by atoms with Crippen molar-refractivity contribution in [2.24, 2.45) is 10.2 Å². The van der Waals surface area contributed by atoms with Crippen LogP contribution in [0, 0.1) is 0 Å². The first-order valence-electron chi connectivity index (χ1n) is 8.62. The molecule has 3 rings (SSSR count). The van der Waals surface area contributed by atoms with Gasteiger partial charge in [-0.05, 0) is 30.2 Å². The first-order valence-corrected chi connectivity index (χ1v) is 10.3. The molecule has 0 saturated carbocycles. The van der Waals surface area contributed by atoms with Gasteiger partial charge in [-0.2, -0.15) is 5.10 Å². The summed E-state index contributed by atoms with van der Waals surface area (Å²) in [6.45, 7) is 1.93. The number of amidine groups is 1. The van der Waals surface area contributed by atoms with Gasteiger partial charge in [0.1, 0.15) is 0 Å². The molecule has 2 aromatic rings. The maximum Gasteiger partial charge on any atom is 0.240 e. The Morgan fingerprint density at radius 1 is 1.18 bits per heavy atom. The number of Topliss-reactive ketones (excluding diaryl/α,β-unsaturated/α-hetero) is 1. The van der Waals surface area contributed by atoms with Gasteiger partial charge in [0.05, 0.1) is 11.5 Å². The molecule has 1 fully saturated rings. The Hall–Kier alpha value is -2.51. The minimum Gasteiger partial charge on any atom is -0.303 e. The summed E-state index contributed by atoms with van der Waals surface area (Å²) >= 11 is 4.57. The Balaban J connectivity index is 1.58. The van der Waals surface area contributed by atoms with E-state index in [-0.39, 0.29) is 18.1 Å². The van der Waals surface area contributed by atoms with E-state index in [2.05, 4.69) is 31.4 Å². The minimum absolute atomic E-state index is 0.0773. The highest BCUT2D eigenvalue weighted by Crippen LogP contribution is 2.24. The number of halogens is 1. The maximum absolute atomic E-state index is 12.4. The summed E-state index contributed by atoms with van der Waals surface area (Å²) in [7, 11) is 0. The number of ketones is 1. The molecule has 7 heteroatoms. The van der Waals surface area contributed by atoms with Crippen molar-refractivity contribution in [1.29, 1.82) is 0 Å². The second-order valence-corrected chi connectivity index (χ2v) is 8.29. The summed E-state index contributed by atoms with van der Waals surface area (Å²) < 4.78 is 0.904. The average Bonchev–Trinajstić information content (AvgIpc) is 3.02. The van der Waals surface area contributed by atoms with Gasteiger partial charge in [-0.15, -0.1) is 5.10 Å². The molecule has 1 aliphatic heterocycles. The molecule has 0 radical (unpaired) electrons. The quantitative estimate of drug-likeness (QED) is 0.389. The third-order valence-electron chi connectivity index (χ3n) is 3.92. The number of nitrogens with zero attached hydrogens (tertiary/aromatic N) is 2. The van der Waals surface area contributed by atoms with Crippen LogP contribution >= 0.6 is 27.7 Å². The molecule has 1 atom stereocenters. The van der Waals surface area contributed by atoms with Crippen LogP contribution in [0.15, 0.2) is 74.8 Å². The lowest BCUT2D eigenvalue weighted by Gasteiger charge is -2.04. The Morgan fingerprint density at radius 2 is 1.89 bits per heavy atom. The van der Waals surface area contributed by atoms with Crippen LogP contribution in [0.25, 0.3) is 6.08 Å². The monoisotopic (exact) mass is 455 g/mol. The number of allylic oxidation sites excluding steroid dienone is 1. The molecule has 1 unspecified atom stereocenters. The van der Waals surface area contributed by atoms with E-state index < -0.39 is 5.25 Å². The van der Waals surface area contributed by atoms with Gasteiger partial charge in [0.15, 0.2) is 11.0 Å². The van der Waals surface area contributed by atoms with E-state index in [1.165, 1.54) is 11.8 Å². The molecule has 0 bridgehead atoms. The SMILES string of the molecule is CC(/C=N/N=C1\NC(=O)C(CC(=O)c2ccc(Br)cc2)S1)=C\c1ccccc1. The van der Waals surface area contributed by atoms with Gasteiger partial charge in [0.2, 0.25) is 5.91 Å². The molecule has 1 amide bonds. The van der Waals surface area contributed by atoms with Crippen molar-refractivity contribution in [2.75, 3.05) is 0 Å². The largest absolute Gasteiger partial charge is 0.303 e. The highest BCUT2D eigenvalue weighted by atomic mass is 79.9. The number of nitrogens with one attached hydrogen (secondary N) is 1. The fourth-order valence-electron chi connectivity index (χ4n) is 2.53. The number of hydrogen-bond donors (Lipinski definition) is 1. The standard InChI is InChI=1S/C21H18BrN3O2S/c1-14(11-15-5-3-2-4-6-15)13-23-25-21-24-20(27)19(28-21)12-18(26)16-7-9-17(22)10-8-16/h2-11,13,19H,12H2,1H3,(H,24,25,27)/b14-11+,23-13+. The minimum atomic E-state index is -0.494. The van der Waals surface area contributed by atoms with E-state index >= 15 is 0 Å². The zero-order valence-electron chi connectivity index (χ0n) is 15.1. The number of carbonyl (C=O) groups is 2. The van der Waals surface area contributed by atoms with Crippen LogP contribution in [-0.2, 0) is 4.79 Å².